The van der Waals surface area contributed by atoms with Gasteiger partial charge in [-0.3, -0.25) is 0 Å². The Morgan fingerprint density at radius 3 is 1.96 bits per heavy atom. The highest BCUT2D eigenvalue weighted by Crippen LogP contribution is 2.44. The van der Waals surface area contributed by atoms with Crippen LogP contribution in [0, 0.1) is 0 Å². The minimum atomic E-state index is -0.314. The number of nitrogens with zero attached hydrogens (tertiary/aromatic N) is 2. The van der Waals surface area contributed by atoms with Crippen LogP contribution in [-0.4, -0.2) is 4.57 Å². The molecule has 3 heteroatoms. The number of hydrogen-bond donors (Lipinski definition) is 0. The maximum Gasteiger partial charge on any atom is 0.0540 e. The summed E-state index contributed by atoms with van der Waals surface area (Å²) < 4.78 is 3.59. The Kier molecular flexibility index (Phi) is 8.16. The maximum absolute atomic E-state index is 2.40. The van der Waals surface area contributed by atoms with Crippen molar-refractivity contribution in [2.75, 3.05) is 4.90 Å². The van der Waals surface area contributed by atoms with Crippen LogP contribution in [0.4, 0.5) is 17.1 Å². The largest absolute Gasteiger partial charge is 0.317 e. The summed E-state index contributed by atoms with van der Waals surface area (Å²) in [7, 11) is 0. The number of thiophene rings is 1. The summed E-state index contributed by atoms with van der Waals surface area (Å²) >= 11 is 1.80. The van der Waals surface area contributed by atoms with Gasteiger partial charge >= 0.3 is 0 Å². The first kappa shape index (κ1) is 32.9. The SMILES string of the molecule is C[C@](c1ccccc1)(c1ccc(-c2cccc(N(c3ccccc3)c3cccc4c3ccc3c4ccn3-c3ccccc3)c2)cc1)c1ccc2ccsc2c1. The highest BCUT2D eigenvalue weighted by Gasteiger charge is 2.31. The van der Waals surface area contributed by atoms with Crippen molar-refractivity contribution in [3.63, 3.8) is 0 Å². The molecule has 0 spiro atoms. The Bertz CT molecular complexity index is 2930. The molecule has 0 aliphatic rings. The Morgan fingerprint density at radius 2 is 1.16 bits per heavy atom. The third-order valence-electron chi connectivity index (χ3n) is 11.3. The highest BCUT2D eigenvalue weighted by atomic mass is 32.1. The monoisotopic (exact) mass is 722 g/mol. The van der Waals surface area contributed by atoms with E-state index in [4.69, 9.17) is 0 Å². The average Bonchev–Trinajstić information content (AvgIpc) is 3.93. The number of fused-ring (bicyclic) bond motifs is 4. The van der Waals surface area contributed by atoms with Crippen LogP contribution in [0.15, 0.2) is 212 Å². The van der Waals surface area contributed by atoms with Crippen LogP contribution in [0.3, 0.4) is 0 Å². The van der Waals surface area contributed by atoms with Gasteiger partial charge < -0.3 is 9.47 Å². The van der Waals surface area contributed by atoms with Crippen LogP contribution in [0.2, 0.25) is 0 Å². The van der Waals surface area contributed by atoms with Crippen LogP contribution in [0.5, 0.6) is 0 Å². The van der Waals surface area contributed by atoms with E-state index in [9.17, 15) is 0 Å². The lowest BCUT2D eigenvalue weighted by molar-refractivity contribution is 0.694. The molecule has 10 aromatic rings. The predicted molar refractivity (Wildman–Crippen MR) is 235 cm³/mol. The third kappa shape index (κ3) is 5.72. The minimum Gasteiger partial charge on any atom is -0.317 e. The normalized spacial score (nSPS) is 12.6. The van der Waals surface area contributed by atoms with E-state index in [1.54, 1.807) is 11.3 Å². The molecule has 0 amide bonds. The number of benzene rings is 8. The fraction of sp³-hybridized carbons (Fsp3) is 0.0385. The number of anilines is 3. The Morgan fingerprint density at radius 1 is 0.473 bits per heavy atom. The van der Waals surface area contributed by atoms with Gasteiger partial charge in [0.15, 0.2) is 0 Å². The van der Waals surface area contributed by atoms with E-state index in [0.29, 0.717) is 0 Å². The van der Waals surface area contributed by atoms with Crippen LogP contribution >= 0.6 is 11.3 Å². The topological polar surface area (TPSA) is 8.17 Å². The van der Waals surface area contributed by atoms with Gasteiger partial charge in [0, 0.05) is 44.1 Å². The summed E-state index contributed by atoms with van der Waals surface area (Å²) in [6, 6.07) is 73.0. The smallest absolute Gasteiger partial charge is 0.0540 e. The van der Waals surface area contributed by atoms with Crippen molar-refractivity contribution in [3.8, 4) is 16.8 Å². The Hall–Kier alpha value is -6.68. The molecule has 262 valence electrons. The molecule has 0 unspecified atom stereocenters. The molecule has 2 heterocycles. The molecule has 0 bridgehead atoms. The second-order valence-electron chi connectivity index (χ2n) is 14.4. The summed E-state index contributed by atoms with van der Waals surface area (Å²) in [5.74, 6) is 0. The highest BCUT2D eigenvalue weighted by molar-refractivity contribution is 7.17. The summed E-state index contributed by atoms with van der Waals surface area (Å²) in [5, 5.41) is 7.15. The van der Waals surface area contributed by atoms with Crippen molar-refractivity contribution in [1.29, 1.82) is 0 Å². The number of para-hydroxylation sites is 2. The van der Waals surface area contributed by atoms with Crippen LogP contribution in [-0.2, 0) is 5.41 Å². The van der Waals surface area contributed by atoms with Gasteiger partial charge in [0.25, 0.3) is 0 Å². The Balaban J connectivity index is 1.06. The summed E-state index contributed by atoms with van der Waals surface area (Å²) in [6.07, 6.45) is 2.18. The van der Waals surface area contributed by atoms with Gasteiger partial charge in [-0.05, 0) is 118 Å². The van der Waals surface area contributed by atoms with E-state index < -0.39 is 0 Å². The van der Waals surface area contributed by atoms with Crippen molar-refractivity contribution in [2.24, 2.45) is 0 Å². The van der Waals surface area contributed by atoms with Gasteiger partial charge in [-0.25, -0.2) is 0 Å². The molecule has 0 aliphatic heterocycles. The lowest BCUT2D eigenvalue weighted by atomic mass is 9.71. The van der Waals surface area contributed by atoms with Crippen molar-refractivity contribution in [1.82, 2.24) is 4.57 Å². The second kappa shape index (κ2) is 13.6. The molecule has 2 nitrogen and oxygen atoms in total. The number of hydrogen-bond acceptors (Lipinski definition) is 2. The maximum atomic E-state index is 2.40. The number of aromatic nitrogens is 1. The van der Waals surface area contributed by atoms with E-state index in [-0.39, 0.29) is 5.41 Å². The molecule has 0 fully saturated rings. The van der Waals surface area contributed by atoms with E-state index in [1.165, 1.54) is 59.6 Å². The summed E-state index contributed by atoms with van der Waals surface area (Å²) in [6.45, 7) is 2.36. The first-order chi connectivity index (χ1) is 27.1. The third-order valence-corrected chi connectivity index (χ3v) is 12.2. The van der Waals surface area contributed by atoms with Gasteiger partial charge in [0.2, 0.25) is 0 Å². The van der Waals surface area contributed by atoms with Crippen LogP contribution in [0.25, 0.3) is 48.6 Å². The second-order valence-corrected chi connectivity index (χ2v) is 15.3. The van der Waals surface area contributed by atoms with E-state index in [2.05, 4.69) is 228 Å². The molecular weight excluding hydrogens is 685 g/mol. The lowest BCUT2D eigenvalue weighted by Crippen LogP contribution is -2.25. The first-order valence-corrected chi connectivity index (χ1v) is 19.7. The first-order valence-electron chi connectivity index (χ1n) is 18.8. The van der Waals surface area contributed by atoms with Crippen molar-refractivity contribution in [2.45, 2.75) is 12.3 Å². The van der Waals surface area contributed by atoms with Gasteiger partial charge in [-0.1, -0.05) is 133 Å². The molecule has 2 aromatic heterocycles. The Labute approximate surface area is 325 Å². The zero-order valence-corrected chi connectivity index (χ0v) is 31.3. The molecule has 8 aromatic carbocycles. The van der Waals surface area contributed by atoms with E-state index >= 15 is 0 Å². The zero-order valence-electron chi connectivity index (χ0n) is 30.5. The minimum absolute atomic E-state index is 0.314. The molecule has 0 saturated heterocycles. The average molecular weight is 723 g/mol. The molecule has 55 heavy (non-hydrogen) atoms. The van der Waals surface area contributed by atoms with Gasteiger partial charge in [0.05, 0.1) is 11.2 Å². The van der Waals surface area contributed by atoms with Crippen molar-refractivity contribution < 1.29 is 0 Å². The van der Waals surface area contributed by atoms with Gasteiger partial charge in [-0.15, -0.1) is 11.3 Å². The lowest BCUT2D eigenvalue weighted by Gasteiger charge is -2.32. The van der Waals surface area contributed by atoms with Gasteiger partial charge in [0.1, 0.15) is 0 Å². The molecule has 10 rings (SSSR count). The van der Waals surface area contributed by atoms with Crippen molar-refractivity contribution in [3.05, 3.63) is 228 Å². The quantitative estimate of drug-likeness (QED) is 0.142. The molecule has 0 aliphatic carbocycles. The standard InChI is InChI=1S/C52H38N2S/c1-52(40-14-5-2-6-15-40,42-28-25-38-32-34-55-51(38)36-42)41-26-23-37(24-27-41)39-13-11-20-45(35-39)54(44-18-9-4-10-19-44)50-22-12-21-46-47(50)29-30-49-48(46)31-33-53(49)43-16-7-3-8-17-43/h2-36H,1H3/t52-/m0/s1. The predicted octanol–water partition coefficient (Wildman–Crippen LogP) is 14.5. The molecule has 0 N–H and O–H groups in total. The summed E-state index contributed by atoms with van der Waals surface area (Å²) in [4.78, 5) is 2.40. The molecule has 0 saturated carbocycles. The van der Waals surface area contributed by atoms with E-state index in [0.717, 1.165) is 22.7 Å². The molecule has 0 radical (unpaired) electrons. The van der Waals surface area contributed by atoms with Gasteiger partial charge in [-0.2, -0.15) is 0 Å². The van der Waals surface area contributed by atoms with Crippen LogP contribution < -0.4 is 4.90 Å². The molecule has 1 atom stereocenters. The number of rotatable bonds is 8. The molecular formula is C52H38N2S. The van der Waals surface area contributed by atoms with Crippen LogP contribution in [0.1, 0.15) is 23.6 Å². The summed E-state index contributed by atoms with van der Waals surface area (Å²) in [5.41, 5.74) is 11.6. The van der Waals surface area contributed by atoms with E-state index in [1.807, 2.05) is 0 Å². The fourth-order valence-electron chi connectivity index (χ4n) is 8.34. The van der Waals surface area contributed by atoms with Crippen molar-refractivity contribution >= 4 is 60.2 Å². The zero-order chi connectivity index (χ0) is 36.8. The fourth-order valence-corrected chi connectivity index (χ4v) is 9.17.